The van der Waals surface area contributed by atoms with Gasteiger partial charge in [0.05, 0.1) is 6.42 Å². The molecule has 0 spiro atoms. The van der Waals surface area contributed by atoms with Gasteiger partial charge < -0.3 is 24.7 Å². The molecular formula is C22H25N2O4PS-2. The smallest absolute Gasteiger partial charge is 0.221 e. The third-order valence-corrected chi connectivity index (χ3v) is 6.92. The lowest BCUT2D eigenvalue weighted by Gasteiger charge is -2.29. The highest BCUT2D eigenvalue weighted by atomic mass is 32.2. The lowest BCUT2D eigenvalue weighted by atomic mass is 10.1. The van der Waals surface area contributed by atoms with Crippen molar-refractivity contribution in [3.8, 4) is 0 Å². The van der Waals surface area contributed by atoms with E-state index in [1.165, 1.54) is 17.3 Å². The molecule has 0 unspecified atom stereocenters. The van der Waals surface area contributed by atoms with Gasteiger partial charge in [-0.25, -0.2) is 0 Å². The average Bonchev–Trinajstić information content (AvgIpc) is 2.97. The molecule has 0 fully saturated rings. The third-order valence-electron chi connectivity index (χ3n) is 4.97. The van der Waals surface area contributed by atoms with Crippen molar-refractivity contribution in [1.82, 2.24) is 4.57 Å². The van der Waals surface area contributed by atoms with E-state index in [0.29, 0.717) is 18.7 Å². The molecule has 8 heteroatoms. The van der Waals surface area contributed by atoms with Gasteiger partial charge >= 0.3 is 0 Å². The maximum absolute atomic E-state index is 11.8. The summed E-state index contributed by atoms with van der Waals surface area (Å²) < 4.78 is 13.0. The van der Waals surface area contributed by atoms with Gasteiger partial charge in [0.15, 0.2) is 0 Å². The predicted molar refractivity (Wildman–Crippen MR) is 118 cm³/mol. The summed E-state index contributed by atoms with van der Waals surface area (Å²) in [5.41, 5.74) is 9.79. The van der Waals surface area contributed by atoms with Crippen molar-refractivity contribution >= 4 is 36.2 Å². The normalized spacial score (nSPS) is 11.8. The minimum atomic E-state index is -4.46. The van der Waals surface area contributed by atoms with Crippen LogP contribution in [0.2, 0.25) is 0 Å². The van der Waals surface area contributed by atoms with Crippen molar-refractivity contribution in [3.05, 3.63) is 65.4 Å². The molecule has 0 atom stereocenters. The van der Waals surface area contributed by atoms with Gasteiger partial charge in [-0.15, -0.1) is 11.8 Å². The molecule has 0 aliphatic rings. The molecule has 0 aliphatic carbocycles. The SMILES string of the molecule is CCc1c(CC(N)=O)c2cc(SCCCP(=O)([O-])[O-])ccc2n1Cc1ccccc1. The lowest BCUT2D eigenvalue weighted by Crippen LogP contribution is -2.16. The highest BCUT2D eigenvalue weighted by molar-refractivity contribution is 7.99. The Morgan fingerprint density at radius 2 is 1.90 bits per heavy atom. The Labute approximate surface area is 180 Å². The average molecular weight is 444 g/mol. The van der Waals surface area contributed by atoms with Crippen LogP contribution in [0.4, 0.5) is 0 Å². The van der Waals surface area contributed by atoms with Crippen LogP contribution in [0.25, 0.3) is 10.9 Å². The molecule has 1 aromatic heterocycles. The first-order chi connectivity index (χ1) is 14.3. The number of nitrogens with zero attached hydrogens (tertiary/aromatic N) is 1. The van der Waals surface area contributed by atoms with Crippen LogP contribution in [0.15, 0.2) is 53.4 Å². The van der Waals surface area contributed by atoms with Crippen molar-refractivity contribution in [2.24, 2.45) is 5.73 Å². The quantitative estimate of drug-likeness (QED) is 0.294. The Morgan fingerprint density at radius 3 is 2.53 bits per heavy atom. The number of hydrogen-bond acceptors (Lipinski definition) is 5. The summed E-state index contributed by atoms with van der Waals surface area (Å²) in [5, 5.41) is 0.991. The Balaban J connectivity index is 1.95. The minimum absolute atomic E-state index is 0.172. The van der Waals surface area contributed by atoms with Gasteiger partial charge in [0, 0.05) is 28.0 Å². The molecule has 3 aromatic rings. The van der Waals surface area contributed by atoms with Crippen molar-refractivity contribution in [2.45, 2.75) is 37.6 Å². The first-order valence-corrected chi connectivity index (χ1v) is 12.6. The van der Waals surface area contributed by atoms with Crippen molar-refractivity contribution in [1.29, 1.82) is 0 Å². The Hall–Kier alpha value is -2.05. The van der Waals surface area contributed by atoms with Gasteiger partial charge in [-0.1, -0.05) is 44.9 Å². The molecule has 2 aromatic carbocycles. The molecule has 1 heterocycles. The molecule has 30 heavy (non-hydrogen) atoms. The van der Waals surface area contributed by atoms with Crippen LogP contribution in [-0.2, 0) is 28.7 Å². The molecule has 1 amide bonds. The van der Waals surface area contributed by atoms with E-state index in [9.17, 15) is 19.1 Å². The van der Waals surface area contributed by atoms with Crippen LogP contribution >= 0.6 is 19.4 Å². The Morgan fingerprint density at radius 1 is 1.17 bits per heavy atom. The highest BCUT2D eigenvalue weighted by Crippen LogP contribution is 2.33. The summed E-state index contributed by atoms with van der Waals surface area (Å²) in [6.07, 6.45) is 0.930. The number of amides is 1. The van der Waals surface area contributed by atoms with Gasteiger partial charge in [-0.2, -0.15) is 0 Å². The molecule has 160 valence electrons. The second-order valence-electron chi connectivity index (χ2n) is 7.21. The first-order valence-electron chi connectivity index (χ1n) is 9.88. The maximum atomic E-state index is 11.8. The van der Waals surface area contributed by atoms with Crippen LogP contribution in [-0.4, -0.2) is 22.4 Å². The summed E-state index contributed by atoms with van der Waals surface area (Å²) in [7, 11) is -4.46. The lowest BCUT2D eigenvalue weighted by molar-refractivity contribution is -0.313. The van der Waals surface area contributed by atoms with E-state index in [1.54, 1.807) is 0 Å². The van der Waals surface area contributed by atoms with Gasteiger partial charge in [0.2, 0.25) is 5.91 Å². The van der Waals surface area contributed by atoms with E-state index in [-0.39, 0.29) is 18.5 Å². The van der Waals surface area contributed by atoms with E-state index < -0.39 is 7.60 Å². The van der Waals surface area contributed by atoms with Gasteiger partial charge in [-0.05, 0) is 54.1 Å². The summed E-state index contributed by atoms with van der Waals surface area (Å²) in [6, 6.07) is 16.2. The molecule has 2 N–H and O–H groups in total. The minimum Gasteiger partial charge on any atom is -0.811 e. The molecular weight excluding hydrogens is 419 g/mol. The fraction of sp³-hybridized carbons (Fsp3) is 0.318. The Bertz CT molecular complexity index is 1080. The Kier molecular flexibility index (Phi) is 7.42. The van der Waals surface area contributed by atoms with E-state index in [1.807, 2.05) is 36.4 Å². The van der Waals surface area contributed by atoms with Gasteiger partial charge in [0.25, 0.3) is 0 Å². The molecule has 0 saturated heterocycles. The molecule has 3 rings (SSSR count). The zero-order valence-corrected chi connectivity index (χ0v) is 18.6. The fourth-order valence-corrected chi connectivity index (χ4v) is 5.37. The molecule has 0 saturated carbocycles. The summed E-state index contributed by atoms with van der Waals surface area (Å²) in [4.78, 5) is 34.3. The van der Waals surface area contributed by atoms with E-state index in [0.717, 1.165) is 33.5 Å². The summed E-state index contributed by atoms with van der Waals surface area (Å²) in [5.74, 6) is 0.166. The van der Waals surface area contributed by atoms with Crippen molar-refractivity contribution < 1.29 is 19.1 Å². The number of hydrogen-bond donors (Lipinski definition) is 1. The molecule has 0 aliphatic heterocycles. The third kappa shape index (κ3) is 5.76. The van der Waals surface area contributed by atoms with E-state index in [2.05, 4.69) is 23.6 Å². The van der Waals surface area contributed by atoms with E-state index in [4.69, 9.17) is 5.73 Å². The van der Waals surface area contributed by atoms with Crippen LogP contribution in [0.1, 0.15) is 30.2 Å². The second-order valence-corrected chi connectivity index (χ2v) is 10.0. The number of nitrogens with two attached hydrogens (primary N) is 1. The first kappa shape index (κ1) is 22.6. The number of carbonyl (C=O) groups is 1. The number of fused-ring (bicyclic) bond motifs is 1. The largest absolute Gasteiger partial charge is 0.811 e. The summed E-state index contributed by atoms with van der Waals surface area (Å²) >= 11 is 1.51. The molecule has 6 nitrogen and oxygen atoms in total. The summed E-state index contributed by atoms with van der Waals surface area (Å²) in [6.45, 7) is 2.77. The van der Waals surface area contributed by atoms with Gasteiger partial charge in [-0.3, -0.25) is 4.79 Å². The zero-order chi connectivity index (χ0) is 21.7. The standard InChI is InChI=1S/C22H27N2O4PS/c1-2-20-19(14-22(23)25)18-13-17(30-12-6-11-29(26,27)28)9-10-21(18)24(20)15-16-7-4-3-5-8-16/h3-5,7-10,13H,2,6,11-12,14-15H2,1H3,(H2,23,25)(H2,26,27,28)/p-2. The van der Waals surface area contributed by atoms with E-state index >= 15 is 0 Å². The zero-order valence-electron chi connectivity index (χ0n) is 16.9. The van der Waals surface area contributed by atoms with Crippen LogP contribution < -0.4 is 15.5 Å². The number of benzene rings is 2. The number of primary amides is 1. The topological polar surface area (TPSA) is 111 Å². The number of thioether (sulfide) groups is 1. The molecule has 0 radical (unpaired) electrons. The second kappa shape index (κ2) is 9.84. The van der Waals surface area contributed by atoms with Crippen LogP contribution in [0.3, 0.4) is 0 Å². The van der Waals surface area contributed by atoms with Crippen LogP contribution in [0.5, 0.6) is 0 Å². The van der Waals surface area contributed by atoms with Crippen molar-refractivity contribution in [2.75, 3.05) is 11.9 Å². The monoisotopic (exact) mass is 444 g/mol. The fourth-order valence-electron chi connectivity index (χ4n) is 3.72. The number of rotatable bonds is 10. The molecule has 0 bridgehead atoms. The predicted octanol–water partition coefficient (Wildman–Crippen LogP) is 2.68. The number of aromatic nitrogens is 1. The van der Waals surface area contributed by atoms with Crippen LogP contribution in [0, 0.1) is 0 Å². The maximum Gasteiger partial charge on any atom is 0.221 e. The number of carbonyl (C=O) groups excluding carboxylic acids is 1. The van der Waals surface area contributed by atoms with Crippen molar-refractivity contribution in [3.63, 3.8) is 0 Å². The highest BCUT2D eigenvalue weighted by Gasteiger charge is 2.18. The van der Waals surface area contributed by atoms with Gasteiger partial charge in [0.1, 0.15) is 0 Å².